The summed E-state index contributed by atoms with van der Waals surface area (Å²) in [6.45, 7) is 1.47. The number of hydrogen-bond acceptors (Lipinski definition) is 3. The highest BCUT2D eigenvalue weighted by molar-refractivity contribution is 6.31. The van der Waals surface area contributed by atoms with Gasteiger partial charge in [-0.1, -0.05) is 17.7 Å². The lowest BCUT2D eigenvalue weighted by Gasteiger charge is -2.42. The van der Waals surface area contributed by atoms with Crippen LogP contribution in [0, 0.1) is 0 Å². The number of halogens is 1. The van der Waals surface area contributed by atoms with Crippen molar-refractivity contribution in [1.29, 1.82) is 0 Å². The Balaban J connectivity index is 1.93. The number of carbonyl (C=O) groups is 2. The van der Waals surface area contributed by atoms with E-state index >= 15 is 0 Å². The molecule has 0 N–H and O–H groups in total. The molecule has 2 saturated heterocycles. The molecule has 0 radical (unpaired) electrons. The van der Waals surface area contributed by atoms with Gasteiger partial charge in [-0.3, -0.25) is 4.79 Å². The summed E-state index contributed by atoms with van der Waals surface area (Å²) in [5.41, 5.74) is 0.521. The molecule has 6 heteroatoms. The van der Waals surface area contributed by atoms with E-state index in [2.05, 4.69) is 0 Å². The number of amides is 3. The Kier molecular flexibility index (Phi) is 3.16. The summed E-state index contributed by atoms with van der Waals surface area (Å²) in [6, 6.07) is 6.35. The lowest BCUT2D eigenvalue weighted by Crippen LogP contribution is -2.61. The molecule has 0 bridgehead atoms. The summed E-state index contributed by atoms with van der Waals surface area (Å²) >= 11 is 5.91. The fourth-order valence-electron chi connectivity index (χ4n) is 2.47. The Labute approximate surface area is 115 Å². The molecule has 3 rings (SSSR count). The summed E-state index contributed by atoms with van der Waals surface area (Å²) in [4.78, 5) is 27.5. The second-order valence-electron chi connectivity index (χ2n) is 4.62. The molecule has 1 aromatic carbocycles. The van der Waals surface area contributed by atoms with Crippen molar-refractivity contribution in [3.8, 4) is 0 Å². The molecule has 0 aliphatic carbocycles. The van der Waals surface area contributed by atoms with Crippen LogP contribution in [-0.4, -0.2) is 42.6 Å². The van der Waals surface area contributed by atoms with Crippen molar-refractivity contribution in [3.63, 3.8) is 0 Å². The SMILES string of the molecule is O=C1CC2COCCN2C(=O)N1c1cccc(Cl)c1. The first-order chi connectivity index (χ1) is 9.16. The van der Waals surface area contributed by atoms with Gasteiger partial charge in [0.15, 0.2) is 0 Å². The predicted octanol–water partition coefficient (Wildman–Crippen LogP) is 1.90. The van der Waals surface area contributed by atoms with Crippen LogP contribution >= 0.6 is 11.6 Å². The lowest BCUT2D eigenvalue weighted by atomic mass is 10.1. The third-order valence-electron chi connectivity index (χ3n) is 3.39. The smallest absolute Gasteiger partial charge is 0.331 e. The summed E-state index contributed by atoms with van der Waals surface area (Å²) in [6.07, 6.45) is 0.290. The molecule has 1 atom stereocenters. The van der Waals surface area contributed by atoms with Gasteiger partial charge in [0.2, 0.25) is 5.91 Å². The zero-order valence-electron chi connectivity index (χ0n) is 10.2. The number of imide groups is 1. The quantitative estimate of drug-likeness (QED) is 0.789. The Morgan fingerprint density at radius 2 is 2.16 bits per heavy atom. The maximum atomic E-state index is 12.4. The minimum Gasteiger partial charge on any atom is -0.377 e. The van der Waals surface area contributed by atoms with E-state index in [0.29, 0.717) is 30.5 Å². The van der Waals surface area contributed by atoms with Gasteiger partial charge in [0.25, 0.3) is 0 Å². The standard InChI is InChI=1S/C13H13ClN2O3/c14-9-2-1-3-10(6-9)16-12(17)7-11-8-19-5-4-15(11)13(16)18/h1-3,6,11H,4-5,7-8H2. The fraction of sp³-hybridized carbons (Fsp3) is 0.385. The average molecular weight is 281 g/mol. The van der Waals surface area contributed by atoms with E-state index in [1.165, 1.54) is 4.90 Å². The van der Waals surface area contributed by atoms with Crippen LogP contribution in [0.25, 0.3) is 0 Å². The van der Waals surface area contributed by atoms with E-state index in [4.69, 9.17) is 16.3 Å². The van der Waals surface area contributed by atoms with Crippen LogP contribution in [0.2, 0.25) is 5.02 Å². The molecule has 2 fully saturated rings. The molecule has 1 unspecified atom stereocenters. The van der Waals surface area contributed by atoms with Gasteiger partial charge >= 0.3 is 6.03 Å². The van der Waals surface area contributed by atoms with Crippen molar-refractivity contribution in [3.05, 3.63) is 29.3 Å². The molecule has 0 aromatic heterocycles. The van der Waals surface area contributed by atoms with Crippen molar-refractivity contribution in [1.82, 2.24) is 4.90 Å². The highest BCUT2D eigenvalue weighted by Crippen LogP contribution is 2.27. The largest absolute Gasteiger partial charge is 0.377 e. The number of rotatable bonds is 1. The van der Waals surface area contributed by atoms with Gasteiger partial charge in [-0.2, -0.15) is 0 Å². The first-order valence-corrected chi connectivity index (χ1v) is 6.51. The molecule has 0 saturated carbocycles. The topological polar surface area (TPSA) is 49.9 Å². The van der Waals surface area contributed by atoms with E-state index in [-0.39, 0.29) is 24.4 Å². The van der Waals surface area contributed by atoms with Gasteiger partial charge < -0.3 is 9.64 Å². The average Bonchev–Trinajstić information content (AvgIpc) is 2.39. The molecule has 19 heavy (non-hydrogen) atoms. The summed E-state index contributed by atoms with van der Waals surface area (Å²) in [5, 5.41) is 0.502. The van der Waals surface area contributed by atoms with Crippen LogP contribution in [0.15, 0.2) is 24.3 Å². The molecule has 0 spiro atoms. The number of anilines is 1. The number of urea groups is 1. The Morgan fingerprint density at radius 3 is 2.95 bits per heavy atom. The van der Waals surface area contributed by atoms with Crippen molar-refractivity contribution in [2.24, 2.45) is 0 Å². The van der Waals surface area contributed by atoms with E-state index in [9.17, 15) is 9.59 Å². The van der Waals surface area contributed by atoms with E-state index in [1.807, 2.05) is 0 Å². The molecule has 5 nitrogen and oxygen atoms in total. The number of morpholine rings is 1. The Hall–Kier alpha value is -1.59. The van der Waals surface area contributed by atoms with E-state index in [0.717, 1.165) is 0 Å². The van der Waals surface area contributed by atoms with Crippen molar-refractivity contribution in [2.75, 3.05) is 24.7 Å². The van der Waals surface area contributed by atoms with Crippen molar-refractivity contribution < 1.29 is 14.3 Å². The van der Waals surface area contributed by atoms with Crippen LogP contribution in [0.5, 0.6) is 0 Å². The van der Waals surface area contributed by atoms with Gasteiger partial charge in [-0.25, -0.2) is 9.69 Å². The van der Waals surface area contributed by atoms with Crippen LogP contribution < -0.4 is 4.90 Å². The van der Waals surface area contributed by atoms with Crippen LogP contribution in [0.3, 0.4) is 0 Å². The molecule has 100 valence electrons. The highest BCUT2D eigenvalue weighted by atomic mass is 35.5. The number of hydrogen-bond donors (Lipinski definition) is 0. The summed E-state index contributed by atoms with van der Waals surface area (Å²) in [7, 11) is 0. The minimum absolute atomic E-state index is 0.135. The molecule has 2 aliphatic rings. The van der Waals surface area contributed by atoms with Crippen molar-refractivity contribution in [2.45, 2.75) is 12.5 Å². The molecule has 2 aliphatic heterocycles. The number of carbonyl (C=O) groups excluding carboxylic acids is 2. The zero-order chi connectivity index (χ0) is 13.4. The van der Waals surface area contributed by atoms with Gasteiger partial charge in [0, 0.05) is 11.6 Å². The second-order valence-corrected chi connectivity index (χ2v) is 5.05. The fourth-order valence-corrected chi connectivity index (χ4v) is 2.66. The third kappa shape index (κ3) is 2.19. The summed E-state index contributed by atoms with van der Waals surface area (Å²) < 4.78 is 5.31. The third-order valence-corrected chi connectivity index (χ3v) is 3.63. The second kappa shape index (κ2) is 4.83. The van der Waals surface area contributed by atoms with Crippen molar-refractivity contribution >= 4 is 29.2 Å². The van der Waals surface area contributed by atoms with E-state index < -0.39 is 0 Å². The summed E-state index contributed by atoms with van der Waals surface area (Å²) in [5.74, 6) is -0.209. The maximum absolute atomic E-state index is 12.4. The number of fused-ring (bicyclic) bond motifs is 1. The number of ether oxygens (including phenoxy) is 1. The highest BCUT2D eigenvalue weighted by Gasteiger charge is 2.40. The van der Waals surface area contributed by atoms with Gasteiger partial charge in [0.1, 0.15) is 0 Å². The minimum atomic E-state index is -0.285. The van der Waals surface area contributed by atoms with E-state index in [1.54, 1.807) is 29.2 Å². The van der Waals surface area contributed by atoms with Crippen LogP contribution in [-0.2, 0) is 9.53 Å². The first kappa shape index (κ1) is 12.4. The van der Waals surface area contributed by atoms with Gasteiger partial charge in [-0.05, 0) is 18.2 Å². The molecule has 2 heterocycles. The molecule has 3 amide bonds. The normalized spacial score (nSPS) is 23.5. The van der Waals surface area contributed by atoms with Crippen LogP contribution in [0.4, 0.5) is 10.5 Å². The predicted molar refractivity (Wildman–Crippen MR) is 70.3 cm³/mol. The lowest BCUT2D eigenvalue weighted by molar-refractivity contribution is -0.122. The van der Waals surface area contributed by atoms with Gasteiger partial charge in [0.05, 0.1) is 31.4 Å². The molecule has 1 aromatic rings. The first-order valence-electron chi connectivity index (χ1n) is 6.13. The molecular weight excluding hydrogens is 268 g/mol. The zero-order valence-corrected chi connectivity index (χ0v) is 11.0. The Bertz CT molecular complexity index is 534. The monoisotopic (exact) mass is 280 g/mol. The number of nitrogens with zero attached hydrogens (tertiary/aromatic N) is 2. The van der Waals surface area contributed by atoms with Crippen LogP contribution in [0.1, 0.15) is 6.42 Å². The maximum Gasteiger partial charge on any atom is 0.331 e. The van der Waals surface area contributed by atoms with Gasteiger partial charge in [-0.15, -0.1) is 0 Å². The molecular formula is C13H13ClN2O3. The Morgan fingerprint density at radius 1 is 1.32 bits per heavy atom. The number of benzene rings is 1.